The first-order valence-electron chi connectivity index (χ1n) is 5.56. The van der Waals surface area contributed by atoms with Crippen LogP contribution in [0, 0.1) is 0 Å². The smallest absolute Gasteiger partial charge is 0.333 e. The van der Waals surface area contributed by atoms with Crippen LogP contribution in [0.3, 0.4) is 0 Å². The molecule has 0 amide bonds. The molecule has 0 aromatic carbocycles. The predicted octanol–water partition coefficient (Wildman–Crippen LogP) is 0.927. The molecule has 18 heavy (non-hydrogen) atoms. The minimum absolute atomic E-state index is 0.217. The molecule has 0 aliphatic rings. The van der Waals surface area contributed by atoms with E-state index in [1.807, 2.05) is 0 Å². The van der Waals surface area contributed by atoms with Crippen molar-refractivity contribution >= 4 is 16.1 Å². The maximum atomic E-state index is 11.4. The largest absolute Gasteiger partial charge is 0.462 e. The second-order valence-electron chi connectivity index (χ2n) is 4.31. The Bertz CT molecular complexity index is 400. The summed E-state index contributed by atoms with van der Waals surface area (Å²) in [5, 5.41) is 0. The van der Waals surface area contributed by atoms with Crippen LogP contribution in [0.4, 0.5) is 0 Å². The average molecular weight is 279 g/mol. The van der Waals surface area contributed by atoms with Crippen LogP contribution in [0.2, 0.25) is 0 Å². The van der Waals surface area contributed by atoms with Crippen LogP contribution in [0.5, 0.6) is 0 Å². The summed E-state index contributed by atoms with van der Waals surface area (Å²) in [6.45, 7) is 6.62. The van der Waals surface area contributed by atoms with Crippen LogP contribution in [0.15, 0.2) is 12.2 Å². The Hall–Kier alpha value is -0.920. The zero-order chi connectivity index (χ0) is 14.4. The van der Waals surface area contributed by atoms with E-state index in [4.69, 9.17) is 10.5 Å². The van der Waals surface area contributed by atoms with Crippen LogP contribution in [-0.4, -0.2) is 33.0 Å². The van der Waals surface area contributed by atoms with Gasteiger partial charge in [0.05, 0.1) is 13.7 Å². The van der Waals surface area contributed by atoms with E-state index in [1.165, 1.54) is 6.92 Å². The number of unbranched alkanes of at least 4 members (excludes halogenated alkanes) is 1. The second-order valence-corrected chi connectivity index (χ2v) is 6.48. The zero-order valence-electron chi connectivity index (χ0n) is 11.1. The fraction of sp³-hybridized carbons (Fsp3) is 0.727. The van der Waals surface area contributed by atoms with Crippen molar-refractivity contribution in [3.63, 3.8) is 0 Å². The Kier molecular flexibility index (Phi) is 6.51. The Morgan fingerprint density at radius 1 is 1.39 bits per heavy atom. The summed E-state index contributed by atoms with van der Waals surface area (Å²) in [7, 11) is -2.68. The fourth-order valence-corrected chi connectivity index (χ4v) is 1.96. The molecule has 1 atom stereocenters. The molecule has 7 heteroatoms. The van der Waals surface area contributed by atoms with E-state index in [9.17, 15) is 13.2 Å². The molecule has 0 saturated carbocycles. The van der Waals surface area contributed by atoms with Gasteiger partial charge in [-0.05, 0) is 33.1 Å². The lowest BCUT2D eigenvalue weighted by Crippen LogP contribution is -2.45. The molecule has 0 heterocycles. The SMILES string of the molecule is C=C(C)C(=O)OCCCCC(C)(N)S(=O)(=O)OC. The van der Waals surface area contributed by atoms with Gasteiger partial charge in [-0.2, -0.15) is 8.42 Å². The Balaban J connectivity index is 4.00. The van der Waals surface area contributed by atoms with Gasteiger partial charge < -0.3 is 10.5 Å². The number of hydrogen-bond donors (Lipinski definition) is 1. The Morgan fingerprint density at radius 2 is 1.94 bits per heavy atom. The fourth-order valence-electron chi connectivity index (χ4n) is 1.18. The van der Waals surface area contributed by atoms with Gasteiger partial charge in [0.15, 0.2) is 0 Å². The van der Waals surface area contributed by atoms with Gasteiger partial charge in [0, 0.05) is 5.57 Å². The van der Waals surface area contributed by atoms with Gasteiger partial charge in [-0.15, -0.1) is 0 Å². The van der Waals surface area contributed by atoms with Gasteiger partial charge in [0.2, 0.25) is 0 Å². The summed E-state index contributed by atoms with van der Waals surface area (Å²) in [6, 6.07) is 0. The number of nitrogens with two attached hydrogens (primary N) is 1. The Labute approximate surface area is 108 Å². The van der Waals surface area contributed by atoms with Crippen molar-refractivity contribution in [2.45, 2.75) is 38.0 Å². The van der Waals surface area contributed by atoms with E-state index >= 15 is 0 Å². The second kappa shape index (κ2) is 6.86. The summed E-state index contributed by atoms with van der Waals surface area (Å²) in [5.41, 5.74) is 5.99. The molecule has 0 radical (unpaired) electrons. The Morgan fingerprint density at radius 3 is 2.39 bits per heavy atom. The highest BCUT2D eigenvalue weighted by molar-refractivity contribution is 7.88. The maximum absolute atomic E-state index is 11.4. The first kappa shape index (κ1) is 17.1. The van der Waals surface area contributed by atoms with E-state index < -0.39 is 21.0 Å². The minimum atomic E-state index is -3.76. The van der Waals surface area contributed by atoms with Gasteiger partial charge in [-0.3, -0.25) is 4.18 Å². The number of ether oxygens (including phenoxy) is 1. The van der Waals surface area contributed by atoms with Crippen LogP contribution in [0.25, 0.3) is 0 Å². The molecule has 6 nitrogen and oxygen atoms in total. The highest BCUT2D eigenvalue weighted by Gasteiger charge is 2.34. The van der Waals surface area contributed by atoms with Crippen molar-refractivity contribution in [2.24, 2.45) is 5.73 Å². The van der Waals surface area contributed by atoms with Crippen LogP contribution >= 0.6 is 0 Å². The van der Waals surface area contributed by atoms with Crippen molar-refractivity contribution in [1.29, 1.82) is 0 Å². The third kappa shape index (κ3) is 5.16. The van der Waals surface area contributed by atoms with E-state index in [1.54, 1.807) is 6.92 Å². The van der Waals surface area contributed by atoms with Crippen LogP contribution < -0.4 is 5.73 Å². The molecule has 0 rings (SSSR count). The average Bonchev–Trinajstić information content (AvgIpc) is 2.27. The molecule has 2 N–H and O–H groups in total. The van der Waals surface area contributed by atoms with Gasteiger partial charge in [0.25, 0.3) is 10.1 Å². The van der Waals surface area contributed by atoms with E-state index in [2.05, 4.69) is 10.8 Å². The highest BCUT2D eigenvalue weighted by atomic mass is 32.2. The quantitative estimate of drug-likeness (QED) is 0.307. The zero-order valence-corrected chi connectivity index (χ0v) is 11.9. The molecular weight excluding hydrogens is 258 g/mol. The molecular formula is C11H21NO5S. The molecule has 106 valence electrons. The van der Waals surface area contributed by atoms with Gasteiger partial charge >= 0.3 is 5.97 Å². The van der Waals surface area contributed by atoms with Crippen LogP contribution in [-0.2, 0) is 23.8 Å². The van der Waals surface area contributed by atoms with E-state index in [0.29, 0.717) is 18.4 Å². The summed E-state index contributed by atoms with van der Waals surface area (Å²) < 4.78 is 32.1. The topological polar surface area (TPSA) is 95.7 Å². The molecule has 0 bridgehead atoms. The number of carbonyl (C=O) groups excluding carboxylic acids is 1. The maximum Gasteiger partial charge on any atom is 0.333 e. The number of carbonyl (C=O) groups is 1. The lowest BCUT2D eigenvalue weighted by atomic mass is 10.1. The van der Waals surface area contributed by atoms with Crippen molar-refractivity contribution < 1.29 is 22.1 Å². The van der Waals surface area contributed by atoms with Crippen molar-refractivity contribution in [3.05, 3.63) is 12.2 Å². The van der Waals surface area contributed by atoms with E-state index in [-0.39, 0.29) is 13.0 Å². The lowest BCUT2D eigenvalue weighted by molar-refractivity contribution is -0.139. The molecule has 0 aromatic rings. The number of esters is 1. The standard InChI is InChI=1S/C11H21NO5S/c1-9(2)10(13)17-8-6-5-7-11(3,12)18(14,15)16-4/h1,5-8,12H2,2-4H3. The summed E-state index contributed by atoms with van der Waals surface area (Å²) in [6.07, 6.45) is 1.28. The van der Waals surface area contributed by atoms with Crippen molar-refractivity contribution in [3.8, 4) is 0 Å². The molecule has 0 aliphatic carbocycles. The molecule has 0 saturated heterocycles. The first-order chi connectivity index (χ1) is 8.14. The molecule has 0 aromatic heterocycles. The molecule has 1 unspecified atom stereocenters. The monoisotopic (exact) mass is 279 g/mol. The third-order valence-corrected chi connectivity index (χ3v) is 4.22. The normalized spacial score (nSPS) is 14.9. The van der Waals surface area contributed by atoms with Gasteiger partial charge in [-0.1, -0.05) is 6.58 Å². The van der Waals surface area contributed by atoms with E-state index in [0.717, 1.165) is 7.11 Å². The first-order valence-corrected chi connectivity index (χ1v) is 6.96. The van der Waals surface area contributed by atoms with Gasteiger partial charge in [-0.25, -0.2) is 4.79 Å². The summed E-state index contributed by atoms with van der Waals surface area (Å²) >= 11 is 0. The van der Waals surface area contributed by atoms with Crippen molar-refractivity contribution in [1.82, 2.24) is 0 Å². The predicted molar refractivity (Wildman–Crippen MR) is 68.1 cm³/mol. The highest BCUT2D eigenvalue weighted by Crippen LogP contribution is 2.19. The van der Waals surface area contributed by atoms with Crippen LogP contribution in [0.1, 0.15) is 33.1 Å². The summed E-state index contributed by atoms with van der Waals surface area (Å²) in [5.74, 6) is -0.449. The molecule has 0 aliphatic heterocycles. The third-order valence-electron chi connectivity index (χ3n) is 2.44. The van der Waals surface area contributed by atoms with Crippen molar-refractivity contribution in [2.75, 3.05) is 13.7 Å². The summed E-state index contributed by atoms with van der Waals surface area (Å²) in [4.78, 5) is 9.62. The number of hydrogen-bond acceptors (Lipinski definition) is 6. The lowest BCUT2D eigenvalue weighted by Gasteiger charge is -2.22. The minimum Gasteiger partial charge on any atom is -0.462 e. The van der Waals surface area contributed by atoms with Gasteiger partial charge in [0.1, 0.15) is 4.87 Å². The molecule has 0 spiro atoms. The molecule has 0 fully saturated rings. The number of rotatable bonds is 8.